The minimum absolute atomic E-state index is 0.255. The van der Waals surface area contributed by atoms with Crippen molar-refractivity contribution in [1.29, 1.82) is 0 Å². The van der Waals surface area contributed by atoms with Crippen LogP contribution in [0.15, 0.2) is 0 Å². The van der Waals surface area contributed by atoms with Crippen LogP contribution in [0, 0.1) is 0 Å². The summed E-state index contributed by atoms with van der Waals surface area (Å²) in [5, 5.41) is 0. The third kappa shape index (κ3) is 1.13. The topological polar surface area (TPSA) is 20.3 Å². The number of carbonyl (C=O) groups is 1. The lowest BCUT2D eigenvalue weighted by atomic mass is 10.0. The van der Waals surface area contributed by atoms with E-state index < -0.39 is 6.17 Å². The smallest absolute Gasteiger partial charge is 0.257 e. The summed E-state index contributed by atoms with van der Waals surface area (Å²) in [6, 6.07) is 0.255. The highest BCUT2D eigenvalue weighted by Gasteiger charge is 2.30. The van der Waals surface area contributed by atoms with E-state index in [0.717, 1.165) is 13.0 Å². The van der Waals surface area contributed by atoms with Gasteiger partial charge in [0.25, 0.3) is 5.91 Å². The van der Waals surface area contributed by atoms with Gasteiger partial charge in [0.05, 0.1) is 0 Å². The molecule has 0 radical (unpaired) electrons. The number of halogens is 1. The summed E-state index contributed by atoms with van der Waals surface area (Å²) >= 11 is 0. The molecule has 0 bridgehead atoms. The summed E-state index contributed by atoms with van der Waals surface area (Å²) in [6.07, 6.45) is -0.318. The Morgan fingerprint density at radius 2 is 2.40 bits per heavy atom. The van der Waals surface area contributed by atoms with Gasteiger partial charge in [0.2, 0.25) is 0 Å². The van der Waals surface area contributed by atoms with Crippen LogP contribution < -0.4 is 0 Å². The molecule has 0 aliphatic carbocycles. The molecule has 0 saturated carbocycles. The van der Waals surface area contributed by atoms with Gasteiger partial charge in [-0.2, -0.15) is 0 Å². The Labute approximate surface area is 60.0 Å². The molecule has 1 saturated heterocycles. The quantitative estimate of drug-likeness (QED) is 0.538. The molecular formula is C7H12FNO. The lowest BCUT2D eigenvalue weighted by Crippen LogP contribution is -2.51. The molecule has 0 N–H and O–H groups in total. The summed E-state index contributed by atoms with van der Waals surface area (Å²) in [4.78, 5) is 12.5. The molecule has 1 amide bonds. The van der Waals surface area contributed by atoms with E-state index in [9.17, 15) is 9.18 Å². The first-order chi connectivity index (χ1) is 4.63. The summed E-state index contributed by atoms with van der Waals surface area (Å²) in [6.45, 7) is 3.95. The van der Waals surface area contributed by atoms with Gasteiger partial charge >= 0.3 is 0 Å². The minimum Gasteiger partial charge on any atom is -0.337 e. The highest BCUT2D eigenvalue weighted by molar-refractivity contribution is 5.81. The maximum Gasteiger partial charge on any atom is 0.257 e. The zero-order valence-corrected chi connectivity index (χ0v) is 6.30. The average Bonchev–Trinajstić information content (AvgIpc) is 1.84. The van der Waals surface area contributed by atoms with Crippen LogP contribution in [0.4, 0.5) is 4.39 Å². The zero-order chi connectivity index (χ0) is 7.72. The van der Waals surface area contributed by atoms with Crippen LogP contribution in [-0.2, 0) is 4.79 Å². The summed E-state index contributed by atoms with van der Waals surface area (Å²) < 4.78 is 12.3. The Hall–Kier alpha value is -0.600. The van der Waals surface area contributed by atoms with E-state index in [2.05, 4.69) is 0 Å². The van der Waals surface area contributed by atoms with Crippen molar-refractivity contribution in [3.05, 3.63) is 0 Å². The van der Waals surface area contributed by atoms with Crippen LogP contribution in [0.1, 0.15) is 20.3 Å². The molecule has 0 aromatic rings. The van der Waals surface area contributed by atoms with Crippen molar-refractivity contribution in [1.82, 2.24) is 4.90 Å². The number of nitrogens with zero attached hydrogens (tertiary/aromatic N) is 1. The third-order valence-corrected chi connectivity index (χ3v) is 1.94. The van der Waals surface area contributed by atoms with E-state index in [0.29, 0.717) is 0 Å². The van der Waals surface area contributed by atoms with Gasteiger partial charge in [-0.05, 0) is 20.3 Å². The Kier molecular flexibility index (Phi) is 1.92. The first-order valence-electron chi connectivity index (χ1n) is 3.57. The van der Waals surface area contributed by atoms with Crippen LogP contribution in [0.5, 0.6) is 0 Å². The SMILES string of the molecule is CC(F)C(=O)N1CC[C@H]1C. The molecule has 1 fully saturated rings. The van der Waals surface area contributed by atoms with Gasteiger partial charge in [0.15, 0.2) is 6.17 Å². The lowest BCUT2D eigenvalue weighted by Gasteiger charge is -2.39. The molecule has 1 aliphatic heterocycles. The molecule has 1 heterocycles. The van der Waals surface area contributed by atoms with Crippen molar-refractivity contribution in [2.75, 3.05) is 6.54 Å². The average molecular weight is 145 g/mol. The fraction of sp³-hybridized carbons (Fsp3) is 0.857. The van der Waals surface area contributed by atoms with E-state index >= 15 is 0 Å². The van der Waals surface area contributed by atoms with E-state index in [-0.39, 0.29) is 11.9 Å². The van der Waals surface area contributed by atoms with Gasteiger partial charge in [0.1, 0.15) is 0 Å². The molecule has 3 heteroatoms. The van der Waals surface area contributed by atoms with Gasteiger partial charge in [-0.1, -0.05) is 0 Å². The molecule has 2 atom stereocenters. The van der Waals surface area contributed by atoms with Gasteiger partial charge < -0.3 is 4.90 Å². The fourth-order valence-electron chi connectivity index (χ4n) is 1.07. The van der Waals surface area contributed by atoms with Crippen LogP contribution >= 0.6 is 0 Å². The van der Waals surface area contributed by atoms with Crippen molar-refractivity contribution in [2.24, 2.45) is 0 Å². The molecule has 1 rings (SSSR count). The van der Waals surface area contributed by atoms with Crippen LogP contribution in [0.3, 0.4) is 0 Å². The molecule has 2 nitrogen and oxygen atoms in total. The molecular weight excluding hydrogens is 133 g/mol. The monoisotopic (exact) mass is 145 g/mol. The number of likely N-dealkylation sites (tertiary alicyclic amines) is 1. The van der Waals surface area contributed by atoms with Crippen LogP contribution in [-0.4, -0.2) is 29.6 Å². The minimum atomic E-state index is -1.33. The van der Waals surface area contributed by atoms with Crippen molar-refractivity contribution >= 4 is 5.91 Å². The number of hydrogen-bond acceptors (Lipinski definition) is 1. The summed E-state index contributed by atoms with van der Waals surface area (Å²) in [5.74, 6) is -0.362. The summed E-state index contributed by atoms with van der Waals surface area (Å²) in [7, 11) is 0. The fourth-order valence-corrected chi connectivity index (χ4v) is 1.07. The number of hydrogen-bond donors (Lipinski definition) is 0. The zero-order valence-electron chi connectivity index (χ0n) is 6.30. The first-order valence-corrected chi connectivity index (χ1v) is 3.57. The maximum atomic E-state index is 12.3. The molecule has 58 valence electrons. The molecule has 1 aliphatic rings. The highest BCUT2D eigenvalue weighted by atomic mass is 19.1. The standard InChI is InChI=1S/C7H12FNO/c1-5-3-4-9(5)7(10)6(2)8/h5-6H,3-4H2,1-2H3/t5-,6?/m1/s1. The first kappa shape index (κ1) is 7.51. The van der Waals surface area contributed by atoms with Crippen molar-refractivity contribution in [2.45, 2.75) is 32.5 Å². The number of carbonyl (C=O) groups excluding carboxylic acids is 1. The van der Waals surface area contributed by atoms with E-state index in [4.69, 9.17) is 0 Å². The molecule has 0 spiro atoms. The predicted octanol–water partition coefficient (Wildman–Crippen LogP) is 0.965. The Morgan fingerprint density at radius 1 is 1.80 bits per heavy atom. The van der Waals surface area contributed by atoms with Gasteiger partial charge in [-0.3, -0.25) is 4.79 Å². The Bertz CT molecular complexity index is 147. The van der Waals surface area contributed by atoms with Crippen molar-refractivity contribution in [3.63, 3.8) is 0 Å². The Morgan fingerprint density at radius 3 is 2.50 bits per heavy atom. The molecule has 10 heavy (non-hydrogen) atoms. The predicted molar refractivity (Wildman–Crippen MR) is 36.4 cm³/mol. The van der Waals surface area contributed by atoms with Crippen LogP contribution in [0.2, 0.25) is 0 Å². The normalized spacial score (nSPS) is 27.5. The molecule has 1 unspecified atom stereocenters. The second-order valence-corrected chi connectivity index (χ2v) is 2.79. The number of alkyl halides is 1. The second kappa shape index (κ2) is 2.56. The number of rotatable bonds is 1. The van der Waals surface area contributed by atoms with Crippen molar-refractivity contribution in [3.8, 4) is 0 Å². The Balaban J connectivity index is 2.42. The van der Waals surface area contributed by atoms with Gasteiger partial charge in [0, 0.05) is 12.6 Å². The summed E-state index contributed by atoms with van der Waals surface area (Å²) in [5.41, 5.74) is 0. The van der Waals surface area contributed by atoms with E-state index in [1.54, 1.807) is 4.90 Å². The second-order valence-electron chi connectivity index (χ2n) is 2.79. The highest BCUT2D eigenvalue weighted by Crippen LogP contribution is 2.17. The van der Waals surface area contributed by atoms with Crippen molar-refractivity contribution < 1.29 is 9.18 Å². The van der Waals surface area contributed by atoms with Crippen LogP contribution in [0.25, 0.3) is 0 Å². The molecule has 0 aromatic carbocycles. The van der Waals surface area contributed by atoms with E-state index in [1.165, 1.54) is 6.92 Å². The third-order valence-electron chi connectivity index (χ3n) is 1.94. The lowest BCUT2D eigenvalue weighted by molar-refractivity contribution is -0.143. The van der Waals surface area contributed by atoms with E-state index in [1.807, 2.05) is 6.92 Å². The van der Waals surface area contributed by atoms with Gasteiger partial charge in [-0.15, -0.1) is 0 Å². The molecule has 0 aromatic heterocycles. The largest absolute Gasteiger partial charge is 0.337 e. The van der Waals surface area contributed by atoms with Gasteiger partial charge in [-0.25, -0.2) is 4.39 Å². The number of amides is 1. The maximum absolute atomic E-state index is 12.3.